The van der Waals surface area contributed by atoms with E-state index in [2.05, 4.69) is 5.32 Å². The molecule has 2 aromatic rings. The molecule has 0 bridgehead atoms. The zero-order valence-corrected chi connectivity index (χ0v) is 12.6. The van der Waals surface area contributed by atoms with Crippen molar-refractivity contribution in [2.75, 3.05) is 12.4 Å². The fraction of sp³-hybridized carbons (Fsp3) is 0.143. The second kappa shape index (κ2) is 6.65. The van der Waals surface area contributed by atoms with Crippen LogP contribution in [0.25, 0.3) is 0 Å². The van der Waals surface area contributed by atoms with Crippen LogP contribution in [0.3, 0.4) is 0 Å². The highest BCUT2D eigenvalue weighted by Gasteiger charge is 2.07. The van der Waals surface area contributed by atoms with Gasteiger partial charge in [0, 0.05) is 18.0 Å². The monoisotopic (exact) mass is 326 g/mol. The van der Waals surface area contributed by atoms with E-state index >= 15 is 0 Å². The lowest BCUT2D eigenvalue weighted by Crippen LogP contribution is -2.26. The predicted molar refractivity (Wildman–Crippen MR) is 82.3 cm³/mol. The average molecular weight is 327 g/mol. The van der Waals surface area contributed by atoms with E-state index in [-0.39, 0.29) is 18.0 Å². The summed E-state index contributed by atoms with van der Waals surface area (Å²) >= 11 is 11.8. The zero-order valence-electron chi connectivity index (χ0n) is 11.1. The molecular weight excluding hydrogens is 315 g/mol. The summed E-state index contributed by atoms with van der Waals surface area (Å²) in [6.07, 6.45) is 1.41. The summed E-state index contributed by atoms with van der Waals surface area (Å²) in [6, 6.07) is 7.65. The topological polar surface area (TPSA) is 60.3 Å². The van der Waals surface area contributed by atoms with Crippen LogP contribution in [-0.4, -0.2) is 17.6 Å². The molecule has 1 N–H and O–H groups in total. The number of pyridine rings is 1. The molecule has 1 aromatic carbocycles. The van der Waals surface area contributed by atoms with Crippen LogP contribution in [0.15, 0.2) is 41.3 Å². The molecule has 21 heavy (non-hydrogen) atoms. The minimum absolute atomic E-state index is 0.136. The number of methoxy groups -OCH3 is 1. The van der Waals surface area contributed by atoms with Gasteiger partial charge in [-0.05, 0) is 24.3 Å². The van der Waals surface area contributed by atoms with Crippen LogP contribution in [0, 0.1) is 0 Å². The summed E-state index contributed by atoms with van der Waals surface area (Å²) in [4.78, 5) is 23.5. The first kappa shape index (κ1) is 15.4. The first-order valence-electron chi connectivity index (χ1n) is 5.99. The average Bonchev–Trinajstić information content (AvgIpc) is 2.43. The van der Waals surface area contributed by atoms with Crippen molar-refractivity contribution < 1.29 is 9.53 Å². The molecule has 0 unspecified atom stereocenters. The largest absolute Gasteiger partial charge is 0.495 e. The third-order valence-electron chi connectivity index (χ3n) is 2.70. The zero-order chi connectivity index (χ0) is 15.4. The molecule has 110 valence electrons. The van der Waals surface area contributed by atoms with Gasteiger partial charge in [-0.1, -0.05) is 23.2 Å². The Morgan fingerprint density at radius 3 is 2.71 bits per heavy atom. The molecule has 0 saturated heterocycles. The van der Waals surface area contributed by atoms with Crippen molar-refractivity contribution in [1.82, 2.24) is 4.57 Å². The van der Waals surface area contributed by atoms with Crippen LogP contribution in [0.2, 0.25) is 10.0 Å². The Morgan fingerprint density at radius 1 is 1.29 bits per heavy atom. The van der Waals surface area contributed by atoms with Crippen molar-refractivity contribution in [3.05, 3.63) is 56.9 Å². The normalized spacial score (nSPS) is 10.2. The van der Waals surface area contributed by atoms with Crippen molar-refractivity contribution in [3.63, 3.8) is 0 Å². The summed E-state index contributed by atoms with van der Waals surface area (Å²) in [5, 5.41) is 3.42. The highest BCUT2D eigenvalue weighted by atomic mass is 35.5. The third kappa shape index (κ3) is 4.00. The summed E-state index contributed by atoms with van der Waals surface area (Å²) in [6.45, 7) is -0.136. The number of amides is 1. The maximum absolute atomic E-state index is 11.9. The maximum atomic E-state index is 11.9. The van der Waals surface area contributed by atoms with Gasteiger partial charge in [-0.25, -0.2) is 0 Å². The molecule has 0 aliphatic rings. The van der Waals surface area contributed by atoms with E-state index in [1.807, 2.05) is 0 Å². The highest BCUT2D eigenvalue weighted by molar-refractivity contribution is 6.32. The Bertz CT molecular complexity index is 728. The van der Waals surface area contributed by atoms with Crippen molar-refractivity contribution in [1.29, 1.82) is 0 Å². The number of nitrogens with zero attached hydrogens (tertiary/aromatic N) is 1. The molecule has 5 nitrogen and oxygen atoms in total. The van der Waals surface area contributed by atoms with Crippen LogP contribution in [-0.2, 0) is 11.3 Å². The molecule has 0 spiro atoms. The van der Waals surface area contributed by atoms with Crippen LogP contribution >= 0.6 is 23.2 Å². The number of aromatic nitrogens is 1. The van der Waals surface area contributed by atoms with Crippen molar-refractivity contribution in [2.45, 2.75) is 6.54 Å². The Hall–Kier alpha value is -1.98. The Morgan fingerprint density at radius 2 is 2.05 bits per heavy atom. The fourth-order valence-corrected chi connectivity index (χ4v) is 2.16. The van der Waals surface area contributed by atoms with Gasteiger partial charge < -0.3 is 14.6 Å². The van der Waals surface area contributed by atoms with Gasteiger partial charge in [-0.15, -0.1) is 0 Å². The Labute approximate surface area is 131 Å². The molecule has 1 amide bonds. The summed E-state index contributed by atoms with van der Waals surface area (Å²) < 4.78 is 6.25. The van der Waals surface area contributed by atoms with E-state index < -0.39 is 0 Å². The molecule has 0 radical (unpaired) electrons. The van der Waals surface area contributed by atoms with Crippen LogP contribution in [0.4, 0.5) is 5.69 Å². The minimum Gasteiger partial charge on any atom is -0.495 e. The van der Waals surface area contributed by atoms with Gasteiger partial charge >= 0.3 is 0 Å². The van der Waals surface area contributed by atoms with Crippen LogP contribution in [0.1, 0.15) is 0 Å². The molecule has 7 heteroatoms. The highest BCUT2D eigenvalue weighted by Crippen LogP contribution is 2.27. The molecular formula is C14H12Cl2N2O3. The number of anilines is 1. The summed E-state index contributed by atoms with van der Waals surface area (Å²) in [7, 11) is 1.50. The number of rotatable bonds is 4. The summed E-state index contributed by atoms with van der Waals surface area (Å²) in [5.74, 6) is 0.154. The van der Waals surface area contributed by atoms with Gasteiger partial charge in [0.15, 0.2) is 0 Å². The Balaban J connectivity index is 2.10. The number of hydrogen-bond donors (Lipinski definition) is 1. The van der Waals surface area contributed by atoms with Crippen molar-refractivity contribution in [2.24, 2.45) is 0 Å². The van der Waals surface area contributed by atoms with E-state index in [0.29, 0.717) is 21.5 Å². The van der Waals surface area contributed by atoms with Crippen LogP contribution < -0.4 is 15.6 Å². The maximum Gasteiger partial charge on any atom is 0.251 e. The molecule has 0 fully saturated rings. The van der Waals surface area contributed by atoms with E-state index in [0.717, 1.165) is 0 Å². The number of hydrogen-bond acceptors (Lipinski definition) is 3. The fourth-order valence-electron chi connectivity index (χ4n) is 1.73. The number of ether oxygens (including phenoxy) is 1. The first-order chi connectivity index (χ1) is 9.99. The lowest BCUT2D eigenvalue weighted by atomic mass is 10.3. The number of carbonyl (C=O) groups is 1. The van der Waals surface area contributed by atoms with Gasteiger partial charge in [0.25, 0.3) is 5.56 Å². The lowest BCUT2D eigenvalue weighted by Gasteiger charge is -2.09. The lowest BCUT2D eigenvalue weighted by molar-refractivity contribution is -0.116. The quantitative estimate of drug-likeness (QED) is 0.939. The smallest absolute Gasteiger partial charge is 0.251 e. The van der Waals surface area contributed by atoms with E-state index in [1.54, 1.807) is 18.2 Å². The minimum atomic E-state index is -0.361. The standard InChI is InChI=1S/C14H12Cl2N2O3/c1-21-12-4-3-10(6-11(12)16)17-13(19)8-18-7-9(15)2-5-14(18)20/h2-7H,8H2,1H3,(H,17,19). The molecule has 2 rings (SSSR count). The van der Waals surface area contributed by atoms with Gasteiger partial charge in [-0.3, -0.25) is 9.59 Å². The van der Waals surface area contributed by atoms with E-state index in [4.69, 9.17) is 27.9 Å². The number of benzene rings is 1. The second-order valence-corrected chi connectivity index (χ2v) is 5.05. The van der Waals surface area contributed by atoms with Crippen LogP contribution in [0.5, 0.6) is 5.75 Å². The number of halogens is 2. The third-order valence-corrected chi connectivity index (χ3v) is 3.22. The molecule has 1 aromatic heterocycles. The van der Waals surface area contributed by atoms with Crippen molar-refractivity contribution in [3.8, 4) is 5.75 Å². The molecule has 0 aliphatic heterocycles. The SMILES string of the molecule is COc1ccc(NC(=O)Cn2cc(Cl)ccc2=O)cc1Cl. The molecule has 0 aliphatic carbocycles. The molecule has 0 saturated carbocycles. The molecule has 0 atom stereocenters. The second-order valence-electron chi connectivity index (χ2n) is 4.21. The number of nitrogens with one attached hydrogen (secondary N) is 1. The van der Waals surface area contributed by atoms with Gasteiger partial charge in [0.1, 0.15) is 12.3 Å². The molecule has 1 heterocycles. The first-order valence-corrected chi connectivity index (χ1v) is 6.74. The van der Waals surface area contributed by atoms with Gasteiger partial charge in [0.2, 0.25) is 5.91 Å². The van der Waals surface area contributed by atoms with Gasteiger partial charge in [0.05, 0.1) is 17.2 Å². The van der Waals surface area contributed by atoms with E-state index in [9.17, 15) is 9.59 Å². The van der Waals surface area contributed by atoms with Crippen molar-refractivity contribution >= 4 is 34.8 Å². The van der Waals surface area contributed by atoms with E-state index in [1.165, 1.54) is 30.0 Å². The Kier molecular flexibility index (Phi) is 4.88. The van der Waals surface area contributed by atoms with Gasteiger partial charge in [-0.2, -0.15) is 0 Å². The number of carbonyl (C=O) groups excluding carboxylic acids is 1. The predicted octanol–water partition coefficient (Wildman–Crippen LogP) is 2.80. The summed E-state index contributed by atoms with van der Waals surface area (Å²) in [5.41, 5.74) is 0.211.